The van der Waals surface area contributed by atoms with Gasteiger partial charge in [0.2, 0.25) is 47.3 Å². The summed E-state index contributed by atoms with van der Waals surface area (Å²) in [6, 6.07) is 43.4. The fourth-order valence-electron chi connectivity index (χ4n) is 18.7. The van der Waals surface area contributed by atoms with Gasteiger partial charge in [-0.05, 0) is 218 Å². The van der Waals surface area contributed by atoms with E-state index in [0.717, 1.165) is 59.3 Å². The van der Waals surface area contributed by atoms with E-state index in [1.165, 1.54) is 39.6 Å². The Morgan fingerprint density at radius 1 is 0.273 bits per heavy atom. The fraction of sp³-hybridized carbons (Fsp3) is 0.520. The number of alkyl carbamates (subject to hydrolysis) is 4. The number of nitrogens with zero attached hydrogens (tertiary/aromatic N) is 6. The number of methoxy groups -OCH3 is 4. The highest BCUT2D eigenvalue weighted by Crippen LogP contribution is 2.50. The highest BCUT2D eigenvalue weighted by molar-refractivity contribution is 6.02. The van der Waals surface area contributed by atoms with Crippen molar-refractivity contribution in [1.82, 2.24) is 40.9 Å². The summed E-state index contributed by atoms with van der Waals surface area (Å²) in [7, 11) is 5.01. The minimum absolute atomic E-state index is 0. The van der Waals surface area contributed by atoms with Crippen LogP contribution in [0.4, 0.5) is 53.3 Å². The van der Waals surface area contributed by atoms with Crippen LogP contribution in [0, 0.1) is 23.7 Å². The zero-order valence-electron chi connectivity index (χ0n) is 83.1. The highest BCUT2D eigenvalue weighted by Gasteiger charge is 2.46. The lowest BCUT2D eigenvalue weighted by molar-refractivity contribution is -0.139. The third-order valence-electron chi connectivity index (χ3n) is 26.0. The number of amides is 12. The van der Waals surface area contributed by atoms with Gasteiger partial charge in [0.05, 0.1) is 52.6 Å². The van der Waals surface area contributed by atoms with Crippen LogP contribution in [0.5, 0.6) is 0 Å². The van der Waals surface area contributed by atoms with Gasteiger partial charge in [-0.3, -0.25) is 38.4 Å². The van der Waals surface area contributed by atoms with Crippen molar-refractivity contribution in [3.63, 3.8) is 0 Å². The van der Waals surface area contributed by atoms with Crippen molar-refractivity contribution < 1.29 is 126 Å². The summed E-state index contributed by atoms with van der Waals surface area (Å²) in [6.07, 6.45) is 5.53. The lowest BCUT2D eigenvalue weighted by atomic mass is 9.87. The minimum Gasteiger partial charge on any atom is -0.453 e. The monoisotopic (exact) mass is 1950 g/mol. The smallest absolute Gasteiger partial charge is 0.407 e. The molecule has 0 aromatic heterocycles. The van der Waals surface area contributed by atoms with Gasteiger partial charge < -0.3 is 140 Å². The predicted molar refractivity (Wildman–Crippen MR) is 533 cm³/mol. The molecule has 0 spiro atoms. The van der Waals surface area contributed by atoms with Gasteiger partial charge in [-0.1, -0.05) is 170 Å². The van der Waals surface area contributed by atoms with E-state index in [1.54, 1.807) is 19.6 Å². The second-order valence-electron chi connectivity index (χ2n) is 38.3. The minimum atomic E-state index is -0.814. The van der Waals surface area contributed by atoms with Gasteiger partial charge in [-0.25, -0.2) is 19.2 Å². The maximum atomic E-state index is 13.7. The number of rotatable bonds is 26. The molecule has 39 heteroatoms. The Morgan fingerprint density at radius 2 is 0.453 bits per heavy atom. The summed E-state index contributed by atoms with van der Waals surface area (Å²) in [5, 5.41) is 22.7. The molecule has 26 N–H and O–H groups in total. The number of hydrogen-bond donors (Lipinski definition) is 8. The van der Waals surface area contributed by atoms with E-state index in [-0.39, 0.29) is 155 Å². The summed E-state index contributed by atoms with van der Waals surface area (Å²) in [6.45, 7) is 29.6. The first kappa shape index (κ1) is 122. The van der Waals surface area contributed by atoms with E-state index in [4.69, 9.17) is 18.9 Å². The summed E-state index contributed by atoms with van der Waals surface area (Å²) in [5.74, 6) is -3.11. The van der Waals surface area contributed by atoms with Crippen molar-refractivity contribution in [2.45, 2.75) is 257 Å². The van der Waals surface area contributed by atoms with Gasteiger partial charge >= 0.3 is 24.4 Å². The number of ether oxygens (including phenoxy) is 4. The van der Waals surface area contributed by atoms with E-state index in [0.29, 0.717) is 100 Å². The molecule has 139 heavy (non-hydrogen) atoms. The molecular weight excluding hydrogens is 1800 g/mol. The van der Waals surface area contributed by atoms with Crippen molar-refractivity contribution >= 4 is 106 Å². The summed E-state index contributed by atoms with van der Waals surface area (Å²) in [5.41, 5.74) is 11.5. The predicted octanol–water partition coefficient (Wildman–Crippen LogP) is 7.95. The second kappa shape index (κ2) is 54.1. The van der Waals surface area contributed by atoms with Gasteiger partial charge in [0.25, 0.3) is 0 Å². The van der Waals surface area contributed by atoms with Gasteiger partial charge in [-0.2, -0.15) is 0 Å². The van der Waals surface area contributed by atoms with Crippen LogP contribution in [0.3, 0.4) is 0 Å². The van der Waals surface area contributed by atoms with Gasteiger partial charge in [-0.15, -0.1) is 0 Å². The van der Waals surface area contributed by atoms with Gasteiger partial charge in [0, 0.05) is 60.3 Å². The molecule has 6 aliphatic heterocycles. The number of likely N-dealkylation sites (tertiary alicyclic amines) is 4. The van der Waals surface area contributed by atoms with E-state index in [2.05, 4.69) is 191 Å². The Bertz CT molecular complexity index is 4420. The molecule has 0 saturated carbocycles. The van der Waals surface area contributed by atoms with Crippen molar-refractivity contribution in [3.8, 4) is 0 Å². The van der Waals surface area contributed by atoms with Crippen LogP contribution >= 0.6 is 0 Å². The molecule has 0 radical (unpaired) electrons. The third-order valence-corrected chi connectivity index (χ3v) is 26.0. The molecule has 0 bridgehead atoms. The highest BCUT2D eigenvalue weighted by atomic mass is 16.6. The molecule has 0 unspecified atom stereocenters. The van der Waals surface area contributed by atoms with Crippen LogP contribution in [-0.2, 0) is 68.1 Å². The number of anilines is 6. The van der Waals surface area contributed by atoms with Crippen molar-refractivity contribution in [2.75, 3.05) is 85.7 Å². The topological polar surface area (TPSA) is 641 Å². The number of carbonyl (C=O) groups excluding carboxylic acids is 12. The van der Waals surface area contributed by atoms with Crippen LogP contribution in [-0.4, -0.2) is 243 Å². The Kier molecular flexibility index (Phi) is 47.7. The standard InChI is InChI=1S/2C50H67N7O8.9H2O/c2*1-30(2)42(53-48(62)64-8)46(60)55-28-10-12-40(55)44(58)51-35-20-14-32(15-21-35)38-26-27-39(57(38)37-24-18-34(19-25-37)50(5,6)7)33-16-22-36(23-17-33)52-45(59)41-13-11-29-56(41)47(61)43(31(3)4)54-49(63)65-9;;;;;;;;;/h2*14-25,30-31,38-43H,10-13,26-29H2,1-9H3,(H,51,58)(H,52,59)(H,53,62)(H,54,63);9*1H2/t2*38-,39-,40-,41-,42-,43-;;;;;;;;;/m00........./s1. The average Bonchev–Trinajstić information content (AvgIpc) is 1.63. The summed E-state index contributed by atoms with van der Waals surface area (Å²) >= 11 is 0. The van der Waals surface area contributed by atoms with Gasteiger partial charge in [0.1, 0.15) is 48.3 Å². The molecule has 6 saturated heterocycles. The second-order valence-corrected chi connectivity index (χ2v) is 38.3. The Labute approximate surface area is 814 Å². The van der Waals surface area contributed by atoms with Crippen LogP contribution in [0.15, 0.2) is 146 Å². The SMILES string of the molecule is COC(=O)N[C@H](C(=O)N1CCC[C@H]1C(=O)Nc1ccc([C@@H]2CC[C@@H](c3ccc(NC(=O)[C@@H]4CCCN4C(=O)[C@@H](NC(=O)OC)C(C)C)cc3)N2c2ccc(C(C)(C)C)cc2)cc1)C(C)C.COC(=O)N[C@H](C(=O)N1CCC[C@H]1C(=O)Nc1ccc([C@@H]2CC[C@@H](c3ccc(NC(=O)[C@@H]4CCCN4C(=O)[C@@H](NC(=O)OC)C(C)C)cc3)N2c2ccc(C(C)(C)C)cc2)cc1)C(C)C.O.O.O.O.O.O.O.O.O. The first-order valence-corrected chi connectivity index (χ1v) is 45.8. The summed E-state index contributed by atoms with van der Waals surface area (Å²) < 4.78 is 19.0. The molecular formula is C100H152N14O25. The van der Waals surface area contributed by atoms with E-state index >= 15 is 0 Å². The van der Waals surface area contributed by atoms with Crippen molar-refractivity contribution in [1.29, 1.82) is 0 Å². The number of hydrogen-bond acceptors (Lipinski definition) is 18. The molecule has 6 aromatic carbocycles. The van der Waals surface area contributed by atoms with Crippen LogP contribution < -0.4 is 52.3 Å². The van der Waals surface area contributed by atoms with Crippen LogP contribution in [0.25, 0.3) is 0 Å². The Balaban J connectivity index is 0.000000883. The molecule has 39 nitrogen and oxygen atoms in total. The van der Waals surface area contributed by atoms with E-state index < -0.39 is 72.7 Å². The molecule has 12 atom stereocenters. The lowest BCUT2D eigenvalue weighted by Gasteiger charge is -2.34. The molecule has 12 amide bonds. The molecule has 772 valence electrons. The maximum absolute atomic E-state index is 13.7. The first-order valence-electron chi connectivity index (χ1n) is 45.8. The molecule has 12 rings (SSSR count). The van der Waals surface area contributed by atoms with E-state index in [9.17, 15) is 57.5 Å². The zero-order valence-corrected chi connectivity index (χ0v) is 83.1. The fourth-order valence-corrected chi connectivity index (χ4v) is 18.7. The number of benzene rings is 6. The Hall–Kier alpha value is -12.6. The normalized spacial score (nSPS) is 19.3. The quantitative estimate of drug-likeness (QED) is 0.0239. The number of nitrogens with one attached hydrogen (secondary N) is 8. The van der Waals surface area contributed by atoms with Crippen LogP contribution in [0.2, 0.25) is 0 Å². The zero-order chi connectivity index (χ0) is 94.3. The maximum Gasteiger partial charge on any atom is 0.407 e. The van der Waals surface area contributed by atoms with Crippen LogP contribution in [0.1, 0.15) is 232 Å². The molecule has 6 aliphatic rings. The van der Waals surface area contributed by atoms with Crippen molar-refractivity contribution in [3.05, 3.63) is 179 Å². The lowest BCUT2D eigenvalue weighted by Crippen LogP contribution is -2.54. The Morgan fingerprint density at radius 3 is 0.612 bits per heavy atom. The van der Waals surface area contributed by atoms with Crippen molar-refractivity contribution in [2.24, 2.45) is 23.7 Å². The molecule has 6 heterocycles. The number of carbonyl (C=O) groups is 12. The van der Waals surface area contributed by atoms with Gasteiger partial charge in [0.15, 0.2) is 0 Å². The van der Waals surface area contributed by atoms with E-state index in [1.807, 2.05) is 104 Å². The average molecular weight is 1950 g/mol. The molecule has 0 aliphatic carbocycles. The third kappa shape index (κ3) is 29.7. The molecule has 6 aromatic rings. The first-order chi connectivity index (χ1) is 61.8. The largest absolute Gasteiger partial charge is 0.453 e. The summed E-state index contributed by atoms with van der Waals surface area (Å²) in [4.78, 5) is 168. The molecule has 6 fully saturated rings.